The van der Waals surface area contributed by atoms with Crippen LogP contribution in [-0.4, -0.2) is 75.2 Å². The number of halogens is 1. The molecule has 0 spiro atoms. The summed E-state index contributed by atoms with van der Waals surface area (Å²) in [5, 5.41) is 4.23. The molecule has 2 atom stereocenters. The molecule has 34 heavy (non-hydrogen) atoms. The van der Waals surface area contributed by atoms with Crippen molar-refractivity contribution in [3.8, 4) is 0 Å². The van der Waals surface area contributed by atoms with Crippen LogP contribution in [0.4, 0.5) is 11.4 Å². The van der Waals surface area contributed by atoms with E-state index in [4.69, 9.17) is 28.6 Å². The van der Waals surface area contributed by atoms with Crippen LogP contribution in [0.15, 0.2) is 41.3 Å². The molecule has 1 N–H and O–H groups in total. The van der Waals surface area contributed by atoms with E-state index >= 15 is 0 Å². The van der Waals surface area contributed by atoms with E-state index < -0.39 is 10.0 Å². The number of morpholine rings is 1. The molecule has 182 valence electrons. The maximum atomic E-state index is 13.2. The number of benzene rings is 2. The van der Waals surface area contributed by atoms with Crippen molar-refractivity contribution in [1.82, 2.24) is 9.21 Å². The van der Waals surface area contributed by atoms with Crippen molar-refractivity contribution in [2.24, 2.45) is 0 Å². The first-order valence-corrected chi connectivity index (χ1v) is 13.7. The van der Waals surface area contributed by atoms with Crippen LogP contribution >= 0.6 is 23.8 Å². The molecule has 0 amide bonds. The number of hydrogen-bond acceptors (Lipinski definition) is 5. The summed E-state index contributed by atoms with van der Waals surface area (Å²) in [5.74, 6) is 0.372. The third-order valence-electron chi connectivity index (χ3n) is 6.96. The van der Waals surface area contributed by atoms with Crippen LogP contribution < -0.4 is 10.2 Å². The number of aryl methyl sites for hydroxylation is 1. The number of thiocarbonyl (C=S) groups is 1. The molecule has 0 radical (unpaired) electrons. The van der Waals surface area contributed by atoms with E-state index in [1.165, 1.54) is 15.4 Å². The number of nitrogens with one attached hydrogen (secondary N) is 1. The van der Waals surface area contributed by atoms with Gasteiger partial charge in [0.1, 0.15) is 0 Å². The number of sulfonamides is 1. The van der Waals surface area contributed by atoms with Gasteiger partial charge in [-0.1, -0.05) is 29.3 Å². The van der Waals surface area contributed by atoms with Gasteiger partial charge in [-0.3, -0.25) is 0 Å². The fraction of sp³-hybridized carbons (Fsp3) is 0.458. The normalized spacial score (nSPS) is 23.4. The molecule has 0 bridgehead atoms. The molecular weight excluding hydrogens is 492 g/mol. The summed E-state index contributed by atoms with van der Waals surface area (Å²) in [6.07, 6.45) is 0.996. The van der Waals surface area contributed by atoms with E-state index in [0.29, 0.717) is 48.0 Å². The summed E-state index contributed by atoms with van der Waals surface area (Å²) >= 11 is 12.4. The molecule has 3 heterocycles. The molecule has 0 aromatic heterocycles. The van der Waals surface area contributed by atoms with Gasteiger partial charge < -0.3 is 19.9 Å². The second kappa shape index (κ2) is 9.37. The minimum absolute atomic E-state index is 0.193. The fourth-order valence-corrected chi connectivity index (χ4v) is 7.16. The number of rotatable bonds is 3. The van der Waals surface area contributed by atoms with Crippen molar-refractivity contribution in [2.45, 2.75) is 30.2 Å². The Balaban J connectivity index is 1.44. The standard InChI is InChI=1S/C24H29ClN4O3S2/c1-16-3-6-22-18(13-16)19-15-27(2)8-7-23(19)29(22)24(33)26-21-14-17(4-5-20(21)25)34(30,31)28-9-11-32-12-10-28/h3-6,13-14,19,23H,7-12,15H2,1-2H3,(H,26,33)/t19-,23+/m0/s1. The second-order valence-electron chi connectivity index (χ2n) is 9.25. The van der Waals surface area contributed by atoms with Crippen molar-refractivity contribution in [3.05, 3.63) is 52.5 Å². The highest BCUT2D eigenvalue weighted by Crippen LogP contribution is 2.45. The van der Waals surface area contributed by atoms with Gasteiger partial charge in [0.15, 0.2) is 5.11 Å². The first-order valence-electron chi connectivity index (χ1n) is 11.5. The van der Waals surface area contributed by atoms with Gasteiger partial charge in [-0.25, -0.2) is 8.42 Å². The van der Waals surface area contributed by atoms with Gasteiger partial charge in [-0.15, -0.1) is 0 Å². The van der Waals surface area contributed by atoms with Crippen LogP contribution in [0.5, 0.6) is 0 Å². The topological polar surface area (TPSA) is 65.1 Å². The Kier molecular flexibility index (Phi) is 6.60. The average Bonchev–Trinajstić information content (AvgIpc) is 3.13. The molecule has 2 aromatic carbocycles. The van der Waals surface area contributed by atoms with Crippen molar-refractivity contribution < 1.29 is 13.2 Å². The number of likely N-dealkylation sites (tertiary alicyclic amines) is 1. The first-order chi connectivity index (χ1) is 16.3. The van der Waals surface area contributed by atoms with Crippen molar-refractivity contribution in [3.63, 3.8) is 0 Å². The van der Waals surface area contributed by atoms with Gasteiger partial charge in [-0.2, -0.15) is 4.31 Å². The molecule has 7 nitrogen and oxygen atoms in total. The summed E-state index contributed by atoms with van der Waals surface area (Å²) in [6.45, 7) is 5.57. The Labute approximate surface area is 211 Å². The first kappa shape index (κ1) is 24.0. The molecule has 0 unspecified atom stereocenters. The van der Waals surface area contributed by atoms with Crippen molar-refractivity contribution in [2.75, 3.05) is 56.7 Å². The minimum atomic E-state index is -3.64. The highest BCUT2D eigenvalue weighted by Gasteiger charge is 2.43. The SMILES string of the molecule is Cc1ccc2c(c1)[C@@H]1CN(C)CC[C@H]1N2C(=S)Nc1cc(S(=O)(=O)N2CCOCC2)ccc1Cl. The zero-order valence-electron chi connectivity index (χ0n) is 19.3. The highest BCUT2D eigenvalue weighted by atomic mass is 35.5. The molecule has 3 aliphatic heterocycles. The summed E-state index contributed by atoms with van der Waals surface area (Å²) in [4.78, 5) is 4.75. The van der Waals surface area contributed by atoms with Crippen molar-refractivity contribution in [1.29, 1.82) is 0 Å². The van der Waals surface area contributed by atoms with E-state index in [2.05, 4.69) is 47.3 Å². The Bertz CT molecular complexity index is 1220. The lowest BCUT2D eigenvalue weighted by atomic mass is 9.89. The van der Waals surface area contributed by atoms with Gasteiger partial charge >= 0.3 is 0 Å². The monoisotopic (exact) mass is 520 g/mol. The number of hydrogen-bond donors (Lipinski definition) is 1. The van der Waals surface area contributed by atoms with E-state index in [1.54, 1.807) is 18.2 Å². The minimum Gasteiger partial charge on any atom is -0.379 e. The number of anilines is 2. The second-order valence-corrected chi connectivity index (χ2v) is 12.0. The Morgan fingerprint density at radius 3 is 2.68 bits per heavy atom. The molecular formula is C24H29ClN4O3S2. The largest absolute Gasteiger partial charge is 0.379 e. The van der Waals surface area contributed by atoms with Gasteiger partial charge in [0.25, 0.3) is 0 Å². The van der Waals surface area contributed by atoms with E-state index in [0.717, 1.165) is 25.2 Å². The third-order valence-corrected chi connectivity index (χ3v) is 9.48. The summed E-state index contributed by atoms with van der Waals surface area (Å²) in [6, 6.07) is 11.5. The predicted molar refractivity (Wildman–Crippen MR) is 140 cm³/mol. The number of ether oxygens (including phenoxy) is 1. The van der Waals surface area contributed by atoms with Crippen molar-refractivity contribution >= 4 is 50.3 Å². The third kappa shape index (κ3) is 4.34. The summed E-state index contributed by atoms with van der Waals surface area (Å²) < 4.78 is 33.1. The molecule has 5 rings (SSSR count). The van der Waals surface area contributed by atoms with E-state index in [9.17, 15) is 8.42 Å². The maximum Gasteiger partial charge on any atom is 0.243 e. The van der Waals surface area contributed by atoms with Gasteiger partial charge in [0.2, 0.25) is 10.0 Å². The van der Waals surface area contributed by atoms with E-state index in [-0.39, 0.29) is 10.9 Å². The quantitative estimate of drug-likeness (QED) is 0.619. The van der Waals surface area contributed by atoms with E-state index in [1.807, 2.05) is 0 Å². The number of likely N-dealkylation sites (N-methyl/N-ethyl adjacent to an activating group) is 1. The molecule has 0 saturated carbocycles. The number of nitrogens with zero attached hydrogens (tertiary/aromatic N) is 3. The van der Waals surface area contributed by atoms with Crippen LogP contribution in [-0.2, 0) is 14.8 Å². The zero-order chi connectivity index (χ0) is 24.0. The summed E-state index contributed by atoms with van der Waals surface area (Å²) in [5.41, 5.74) is 4.15. The van der Waals surface area contributed by atoms with Gasteiger partial charge in [0.05, 0.1) is 28.8 Å². The Morgan fingerprint density at radius 2 is 1.91 bits per heavy atom. The van der Waals surface area contributed by atoms with Crippen LogP contribution in [0.2, 0.25) is 5.02 Å². The lowest BCUT2D eigenvalue weighted by Crippen LogP contribution is -2.48. The number of fused-ring (bicyclic) bond motifs is 3. The number of piperidine rings is 1. The van der Waals surface area contributed by atoms with Gasteiger partial charge in [0, 0.05) is 37.3 Å². The van der Waals surface area contributed by atoms with Crippen LogP contribution in [0.1, 0.15) is 23.5 Å². The molecule has 0 aliphatic carbocycles. The fourth-order valence-electron chi connectivity index (χ4n) is 5.22. The van der Waals surface area contributed by atoms with Crippen LogP contribution in [0.25, 0.3) is 0 Å². The Hall–Kier alpha value is -1.75. The predicted octanol–water partition coefficient (Wildman–Crippen LogP) is 3.67. The summed E-state index contributed by atoms with van der Waals surface area (Å²) in [7, 11) is -1.48. The zero-order valence-corrected chi connectivity index (χ0v) is 21.7. The van der Waals surface area contributed by atoms with Crippen LogP contribution in [0, 0.1) is 6.92 Å². The smallest absolute Gasteiger partial charge is 0.243 e. The lowest BCUT2D eigenvalue weighted by molar-refractivity contribution is 0.0730. The molecule has 2 saturated heterocycles. The maximum absolute atomic E-state index is 13.2. The van der Waals surface area contributed by atoms with Gasteiger partial charge in [-0.05, 0) is 69.0 Å². The average molecular weight is 521 g/mol. The molecule has 10 heteroatoms. The lowest BCUT2D eigenvalue weighted by Gasteiger charge is -2.37. The highest BCUT2D eigenvalue weighted by molar-refractivity contribution is 7.89. The molecule has 2 fully saturated rings. The Morgan fingerprint density at radius 1 is 1.15 bits per heavy atom. The van der Waals surface area contributed by atoms with Crippen LogP contribution in [0.3, 0.4) is 0 Å². The molecule has 3 aliphatic rings. The molecule has 2 aromatic rings.